The number of aliphatic hydroxyl groups is 1. The van der Waals surface area contributed by atoms with Gasteiger partial charge in [-0.25, -0.2) is 12.7 Å². The van der Waals surface area contributed by atoms with Crippen LogP contribution in [0.3, 0.4) is 0 Å². The fraction of sp³-hybridized carbons (Fsp3) is 1.00. The maximum atomic E-state index is 12.4. The third-order valence-electron chi connectivity index (χ3n) is 4.70. The molecule has 0 radical (unpaired) electrons. The van der Waals surface area contributed by atoms with Crippen molar-refractivity contribution >= 4 is 10.0 Å². The normalized spacial score (nSPS) is 32.3. The van der Waals surface area contributed by atoms with E-state index in [4.69, 9.17) is 0 Å². The molecule has 0 aromatic rings. The van der Waals surface area contributed by atoms with Crippen LogP contribution in [-0.4, -0.2) is 54.9 Å². The van der Waals surface area contributed by atoms with E-state index in [9.17, 15) is 13.5 Å². The molecule has 1 heterocycles. The average Bonchev–Trinajstić information content (AvgIpc) is 2.36. The van der Waals surface area contributed by atoms with Crippen molar-refractivity contribution in [3.8, 4) is 0 Å². The minimum absolute atomic E-state index is 0.123. The lowest BCUT2D eigenvalue weighted by Crippen LogP contribution is -2.55. The molecule has 2 unspecified atom stereocenters. The monoisotopic (exact) mass is 304 g/mol. The van der Waals surface area contributed by atoms with Crippen LogP contribution in [0.15, 0.2) is 0 Å². The molecule has 1 aliphatic heterocycles. The summed E-state index contributed by atoms with van der Waals surface area (Å²) in [7, 11) is -3.20. The van der Waals surface area contributed by atoms with E-state index in [0.29, 0.717) is 32.1 Å². The van der Waals surface area contributed by atoms with Crippen molar-refractivity contribution in [2.45, 2.75) is 57.6 Å². The third kappa shape index (κ3) is 3.72. The minimum Gasteiger partial charge on any atom is -0.390 e. The van der Waals surface area contributed by atoms with E-state index < -0.39 is 15.6 Å². The smallest absolute Gasteiger partial charge is 0.215 e. The summed E-state index contributed by atoms with van der Waals surface area (Å²) in [6.45, 7) is 5.48. The Morgan fingerprint density at radius 2 is 2.10 bits per heavy atom. The van der Waals surface area contributed by atoms with Gasteiger partial charge in [0.2, 0.25) is 10.0 Å². The molecule has 1 saturated carbocycles. The van der Waals surface area contributed by atoms with Gasteiger partial charge in [0.15, 0.2) is 0 Å². The van der Waals surface area contributed by atoms with Crippen LogP contribution in [0.25, 0.3) is 0 Å². The first-order valence-corrected chi connectivity index (χ1v) is 9.38. The number of rotatable bonds is 5. The summed E-state index contributed by atoms with van der Waals surface area (Å²) in [5.74, 6) is 0.272. The largest absolute Gasteiger partial charge is 0.390 e. The van der Waals surface area contributed by atoms with Crippen LogP contribution < -0.4 is 5.32 Å². The molecule has 0 spiro atoms. The van der Waals surface area contributed by atoms with Crippen LogP contribution in [0.5, 0.6) is 0 Å². The number of sulfonamides is 1. The predicted molar refractivity (Wildman–Crippen MR) is 80.0 cm³/mol. The summed E-state index contributed by atoms with van der Waals surface area (Å²) in [4.78, 5) is 0. The van der Waals surface area contributed by atoms with E-state index in [1.54, 1.807) is 4.31 Å². The highest BCUT2D eigenvalue weighted by molar-refractivity contribution is 7.89. The minimum atomic E-state index is -3.20. The molecule has 2 aliphatic rings. The lowest BCUT2D eigenvalue weighted by Gasteiger charge is -2.46. The van der Waals surface area contributed by atoms with Gasteiger partial charge in [-0.3, -0.25) is 0 Å². The van der Waals surface area contributed by atoms with E-state index in [0.717, 1.165) is 25.7 Å². The molecule has 2 atom stereocenters. The van der Waals surface area contributed by atoms with E-state index in [1.807, 2.05) is 13.8 Å². The first kappa shape index (κ1) is 16.2. The van der Waals surface area contributed by atoms with Crippen LogP contribution in [0.2, 0.25) is 0 Å². The maximum absolute atomic E-state index is 12.4. The van der Waals surface area contributed by atoms with Crippen LogP contribution >= 0.6 is 0 Å². The lowest BCUT2D eigenvalue weighted by atomic mass is 9.72. The summed E-state index contributed by atoms with van der Waals surface area (Å²) >= 11 is 0. The first-order chi connectivity index (χ1) is 9.33. The van der Waals surface area contributed by atoms with Crippen LogP contribution in [0.1, 0.15) is 46.0 Å². The standard InChI is InChI=1S/C14H28N2O3S/c1-12(2)15-8-10-20(18,19)16-9-7-14(17)6-4-3-5-13(14)11-16/h12-13,15,17H,3-11H2,1-2H3. The Balaban J connectivity index is 1.93. The molecule has 5 nitrogen and oxygen atoms in total. The molecular weight excluding hydrogens is 276 g/mol. The molecule has 20 heavy (non-hydrogen) atoms. The van der Waals surface area contributed by atoms with Gasteiger partial charge in [-0.15, -0.1) is 0 Å². The van der Waals surface area contributed by atoms with E-state index in [2.05, 4.69) is 5.32 Å². The van der Waals surface area contributed by atoms with Gasteiger partial charge in [-0.1, -0.05) is 26.7 Å². The highest BCUT2D eigenvalue weighted by Gasteiger charge is 2.45. The molecular formula is C14H28N2O3S. The lowest BCUT2D eigenvalue weighted by molar-refractivity contribution is -0.0816. The second kappa shape index (κ2) is 6.30. The van der Waals surface area contributed by atoms with Crippen LogP contribution in [0, 0.1) is 5.92 Å². The van der Waals surface area contributed by atoms with Crippen molar-refractivity contribution in [2.75, 3.05) is 25.4 Å². The maximum Gasteiger partial charge on any atom is 0.215 e. The Hall–Kier alpha value is -0.170. The van der Waals surface area contributed by atoms with Gasteiger partial charge in [0, 0.05) is 31.6 Å². The Labute approximate surface area is 122 Å². The van der Waals surface area contributed by atoms with Crippen LogP contribution in [0.4, 0.5) is 0 Å². The van der Waals surface area contributed by atoms with E-state index >= 15 is 0 Å². The molecule has 2 N–H and O–H groups in total. The number of fused-ring (bicyclic) bond motifs is 1. The summed E-state index contributed by atoms with van der Waals surface area (Å²) in [5, 5.41) is 13.7. The fourth-order valence-corrected chi connectivity index (χ4v) is 4.81. The van der Waals surface area contributed by atoms with Crippen molar-refractivity contribution in [2.24, 2.45) is 5.92 Å². The Bertz CT molecular complexity index is 424. The van der Waals surface area contributed by atoms with Crippen molar-refractivity contribution in [1.82, 2.24) is 9.62 Å². The SMILES string of the molecule is CC(C)NCCS(=O)(=O)N1CCC2(O)CCCCC2C1. The first-order valence-electron chi connectivity index (χ1n) is 7.77. The molecule has 0 aromatic heterocycles. The van der Waals surface area contributed by atoms with Crippen molar-refractivity contribution < 1.29 is 13.5 Å². The van der Waals surface area contributed by atoms with Gasteiger partial charge in [0.25, 0.3) is 0 Å². The quantitative estimate of drug-likeness (QED) is 0.793. The van der Waals surface area contributed by atoms with Gasteiger partial charge < -0.3 is 10.4 Å². The predicted octanol–water partition coefficient (Wildman–Crippen LogP) is 0.941. The molecule has 118 valence electrons. The number of hydrogen-bond acceptors (Lipinski definition) is 4. The average molecular weight is 304 g/mol. The molecule has 1 aliphatic carbocycles. The fourth-order valence-electron chi connectivity index (χ4n) is 3.40. The summed E-state index contributed by atoms with van der Waals surface area (Å²) in [6.07, 6.45) is 4.55. The van der Waals surface area contributed by atoms with Gasteiger partial charge >= 0.3 is 0 Å². The Morgan fingerprint density at radius 1 is 1.35 bits per heavy atom. The highest BCUT2D eigenvalue weighted by atomic mass is 32.2. The second-order valence-electron chi connectivity index (χ2n) is 6.58. The molecule has 2 fully saturated rings. The Morgan fingerprint density at radius 3 is 2.80 bits per heavy atom. The third-order valence-corrected chi connectivity index (χ3v) is 6.53. The molecule has 2 rings (SSSR count). The zero-order valence-electron chi connectivity index (χ0n) is 12.6. The molecule has 6 heteroatoms. The van der Waals surface area contributed by atoms with Crippen molar-refractivity contribution in [1.29, 1.82) is 0 Å². The summed E-state index contributed by atoms with van der Waals surface area (Å²) in [6, 6.07) is 0.301. The number of nitrogens with one attached hydrogen (secondary N) is 1. The number of hydrogen-bond donors (Lipinski definition) is 2. The summed E-state index contributed by atoms with van der Waals surface area (Å²) in [5.41, 5.74) is -0.611. The number of nitrogens with zero attached hydrogens (tertiary/aromatic N) is 1. The number of piperidine rings is 1. The molecule has 0 amide bonds. The van der Waals surface area contributed by atoms with Gasteiger partial charge in [-0.2, -0.15) is 0 Å². The van der Waals surface area contributed by atoms with Crippen molar-refractivity contribution in [3.63, 3.8) is 0 Å². The van der Waals surface area contributed by atoms with E-state index in [-0.39, 0.29) is 11.7 Å². The second-order valence-corrected chi connectivity index (χ2v) is 8.67. The summed E-state index contributed by atoms with van der Waals surface area (Å²) < 4.78 is 26.3. The highest BCUT2D eigenvalue weighted by Crippen LogP contribution is 2.40. The molecule has 1 saturated heterocycles. The molecule has 0 aromatic carbocycles. The van der Waals surface area contributed by atoms with E-state index in [1.165, 1.54) is 0 Å². The zero-order chi connectivity index (χ0) is 14.8. The zero-order valence-corrected chi connectivity index (χ0v) is 13.5. The van der Waals surface area contributed by atoms with Gasteiger partial charge in [-0.05, 0) is 19.3 Å². The molecule has 0 bridgehead atoms. The topological polar surface area (TPSA) is 69.6 Å². The Kier molecular flexibility index (Phi) is 5.10. The van der Waals surface area contributed by atoms with Crippen molar-refractivity contribution in [3.05, 3.63) is 0 Å². The van der Waals surface area contributed by atoms with Gasteiger partial charge in [0.05, 0.1) is 11.4 Å². The van der Waals surface area contributed by atoms with Gasteiger partial charge in [0.1, 0.15) is 0 Å². The van der Waals surface area contributed by atoms with Crippen LogP contribution in [-0.2, 0) is 10.0 Å².